The van der Waals surface area contributed by atoms with Gasteiger partial charge in [-0.15, -0.1) is 11.3 Å². The molecule has 5 aromatic rings. The molecule has 3 amide bonds. The number of thiophene rings is 1. The molecule has 2 unspecified atom stereocenters. The van der Waals surface area contributed by atoms with E-state index in [9.17, 15) is 19.2 Å². The highest BCUT2D eigenvalue weighted by atomic mass is 32.1. The lowest BCUT2D eigenvalue weighted by Crippen LogP contribution is -2.50. The first kappa shape index (κ1) is 32.7. The van der Waals surface area contributed by atoms with Gasteiger partial charge in [0.05, 0.1) is 22.2 Å². The number of piperazine rings is 1. The number of pyridine rings is 1. The molecule has 7 heterocycles. The number of carbonyl (C=O) groups excluding carboxylic acids is 3. The second-order valence-corrected chi connectivity index (χ2v) is 16.7. The van der Waals surface area contributed by atoms with Gasteiger partial charge in [-0.1, -0.05) is 0 Å². The van der Waals surface area contributed by atoms with Crippen molar-refractivity contribution in [2.75, 3.05) is 60.9 Å². The van der Waals surface area contributed by atoms with Crippen LogP contribution in [0, 0.1) is 11.8 Å². The molecule has 3 saturated heterocycles. The van der Waals surface area contributed by atoms with Crippen molar-refractivity contribution in [3.05, 3.63) is 57.8 Å². The molecule has 1 saturated carbocycles. The Hall–Kier alpha value is -4.95. The molecule has 5 atom stereocenters. The van der Waals surface area contributed by atoms with Crippen molar-refractivity contribution in [3.63, 3.8) is 0 Å². The van der Waals surface area contributed by atoms with Crippen molar-refractivity contribution >= 4 is 78.3 Å². The van der Waals surface area contributed by atoms with Gasteiger partial charge in [-0.05, 0) is 80.5 Å². The highest BCUT2D eigenvalue weighted by Crippen LogP contribution is 2.43. The number of rotatable bonds is 4. The minimum atomic E-state index is -0.676. The number of carbonyl (C=O) groups is 3. The number of anilines is 3. The molecule has 0 radical (unpaired) electrons. The lowest BCUT2D eigenvalue weighted by Gasteiger charge is -2.39. The van der Waals surface area contributed by atoms with Gasteiger partial charge < -0.3 is 20.4 Å². The number of fused-ring (bicyclic) bond motifs is 7. The number of hydrogen-bond donors (Lipinski definition) is 3. The van der Waals surface area contributed by atoms with Crippen LogP contribution in [0.1, 0.15) is 48.3 Å². The summed E-state index contributed by atoms with van der Waals surface area (Å²) in [6, 6.07) is 14.6. The summed E-state index contributed by atoms with van der Waals surface area (Å²) < 4.78 is 4.27. The highest BCUT2D eigenvalue weighted by molar-refractivity contribution is 7.21. The van der Waals surface area contributed by atoms with Crippen LogP contribution < -0.4 is 31.4 Å². The molecular weight excluding hydrogens is 691 g/mol. The summed E-state index contributed by atoms with van der Waals surface area (Å²) >= 11 is 1.54. The van der Waals surface area contributed by atoms with Gasteiger partial charge in [-0.3, -0.25) is 33.7 Å². The average molecular weight is 734 g/mol. The van der Waals surface area contributed by atoms with Crippen LogP contribution in [0.2, 0.25) is 0 Å². The molecule has 10 rings (SSSR count). The summed E-state index contributed by atoms with van der Waals surface area (Å²) in [6.07, 6.45) is 2.97. The van der Waals surface area contributed by atoms with E-state index in [2.05, 4.69) is 67.0 Å². The summed E-state index contributed by atoms with van der Waals surface area (Å²) in [5, 5.41) is 11.2. The molecule has 0 bridgehead atoms. The van der Waals surface area contributed by atoms with E-state index in [1.807, 2.05) is 13.0 Å². The molecule has 5 aliphatic rings. The normalized spacial score (nSPS) is 26.5. The van der Waals surface area contributed by atoms with E-state index < -0.39 is 11.9 Å². The number of aryl methyl sites for hydroxylation is 1. The maximum absolute atomic E-state index is 13.3. The first-order valence-corrected chi connectivity index (χ1v) is 19.7. The molecule has 1 aliphatic carbocycles. The molecular formula is C39H43N9O4S. The van der Waals surface area contributed by atoms with Crippen LogP contribution in [0.4, 0.5) is 17.2 Å². The molecule has 14 heteroatoms. The molecule has 4 aliphatic heterocycles. The van der Waals surface area contributed by atoms with Crippen LogP contribution in [0.5, 0.6) is 0 Å². The van der Waals surface area contributed by atoms with E-state index in [4.69, 9.17) is 4.98 Å². The zero-order valence-electron chi connectivity index (χ0n) is 29.9. The number of imidazole rings is 1. The van der Waals surface area contributed by atoms with Crippen molar-refractivity contribution in [1.82, 2.24) is 29.7 Å². The topological polar surface area (TPSA) is 137 Å². The standard InChI is InChI=1S/C39H43N9O4S/c1-21-18-40-35-34-26-4-9-32(42-27(26)5-8-31(34)53-36(35)38(51)41-21)46-13-11-45(12-14-46)25-15-22-19-47(20-23(22)16-25)24-3-6-28-30(17-24)44(2)39(52)48(28)29-7-10-33(49)43-37(29)50/h3-6,8-9,17,21-23,25,29,40H,7,10-16,18-20H2,1-2H3,(H,41,51)(H,43,49,50)/t21-,22-,23+,25?,29?/m1/s1. The van der Waals surface area contributed by atoms with Gasteiger partial charge in [-0.25, -0.2) is 9.78 Å². The summed E-state index contributed by atoms with van der Waals surface area (Å²) in [5.41, 5.74) is 4.30. The number of benzene rings is 2. The fraction of sp³-hybridized carbons (Fsp3) is 0.462. The smallest absolute Gasteiger partial charge is 0.329 e. The third kappa shape index (κ3) is 5.31. The summed E-state index contributed by atoms with van der Waals surface area (Å²) in [7, 11) is 1.76. The van der Waals surface area contributed by atoms with Crippen LogP contribution in [0.25, 0.3) is 32.0 Å². The fourth-order valence-corrected chi connectivity index (χ4v) is 10.9. The SMILES string of the molecule is C[C@@H]1CNc2c(sc3ccc4nc(N5CCN(C6C[C@@H]7CN(c8ccc9c(c8)n(C)c(=O)n9C8CCC(=O)NC8=O)C[C@@H]7C6)CC5)ccc4c23)C(=O)N1. The summed E-state index contributed by atoms with van der Waals surface area (Å²) in [4.78, 5) is 63.9. The number of piperidine rings is 1. The second kappa shape index (κ2) is 12.3. The quantitative estimate of drug-likeness (QED) is 0.237. The molecule has 274 valence electrons. The molecule has 13 nitrogen and oxygen atoms in total. The van der Waals surface area contributed by atoms with E-state index in [0.717, 1.165) is 93.4 Å². The van der Waals surface area contributed by atoms with Crippen LogP contribution in [-0.2, 0) is 16.6 Å². The van der Waals surface area contributed by atoms with Gasteiger partial charge >= 0.3 is 5.69 Å². The first-order chi connectivity index (χ1) is 25.7. The highest BCUT2D eigenvalue weighted by Gasteiger charge is 2.43. The maximum Gasteiger partial charge on any atom is 0.329 e. The van der Waals surface area contributed by atoms with E-state index in [-0.39, 0.29) is 30.0 Å². The Morgan fingerprint density at radius 1 is 0.887 bits per heavy atom. The average Bonchev–Trinajstić information content (AvgIpc) is 3.89. The van der Waals surface area contributed by atoms with Crippen molar-refractivity contribution in [3.8, 4) is 0 Å². The van der Waals surface area contributed by atoms with Crippen LogP contribution in [0.15, 0.2) is 47.3 Å². The Morgan fingerprint density at radius 2 is 1.68 bits per heavy atom. The van der Waals surface area contributed by atoms with E-state index >= 15 is 0 Å². The third-order valence-corrected chi connectivity index (χ3v) is 13.7. The van der Waals surface area contributed by atoms with Gasteiger partial charge in [0.1, 0.15) is 16.7 Å². The number of imide groups is 1. The zero-order chi connectivity index (χ0) is 36.1. The number of aromatic nitrogens is 3. The Balaban J connectivity index is 0.790. The van der Waals surface area contributed by atoms with Gasteiger partial charge in [0.25, 0.3) is 5.91 Å². The Labute approximate surface area is 309 Å². The molecule has 4 fully saturated rings. The predicted octanol–water partition coefficient (Wildman–Crippen LogP) is 3.66. The number of nitrogens with one attached hydrogen (secondary N) is 3. The minimum absolute atomic E-state index is 0.00930. The van der Waals surface area contributed by atoms with Crippen LogP contribution >= 0.6 is 11.3 Å². The van der Waals surface area contributed by atoms with Gasteiger partial charge in [-0.2, -0.15) is 0 Å². The zero-order valence-corrected chi connectivity index (χ0v) is 30.7. The van der Waals surface area contributed by atoms with Gasteiger partial charge in [0.15, 0.2) is 0 Å². The van der Waals surface area contributed by atoms with E-state index in [1.54, 1.807) is 27.5 Å². The monoisotopic (exact) mass is 733 g/mol. The largest absolute Gasteiger partial charge is 0.381 e. The Morgan fingerprint density at radius 3 is 2.45 bits per heavy atom. The minimum Gasteiger partial charge on any atom is -0.381 e. The molecule has 2 aromatic carbocycles. The lowest BCUT2D eigenvalue weighted by atomic mass is 10.0. The Bertz CT molecular complexity index is 2390. The van der Waals surface area contributed by atoms with Crippen LogP contribution in [0.3, 0.4) is 0 Å². The van der Waals surface area contributed by atoms with Crippen molar-refractivity contribution in [1.29, 1.82) is 0 Å². The third-order valence-electron chi connectivity index (χ3n) is 12.5. The van der Waals surface area contributed by atoms with Gasteiger partial charge in [0, 0.05) is 92.5 Å². The molecule has 53 heavy (non-hydrogen) atoms. The summed E-state index contributed by atoms with van der Waals surface area (Å²) in [6.45, 7) is 8.68. The lowest BCUT2D eigenvalue weighted by molar-refractivity contribution is -0.135. The van der Waals surface area contributed by atoms with E-state index in [1.165, 1.54) is 12.8 Å². The second-order valence-electron chi connectivity index (χ2n) is 15.7. The van der Waals surface area contributed by atoms with E-state index in [0.29, 0.717) is 30.8 Å². The molecule has 3 aromatic heterocycles. The van der Waals surface area contributed by atoms with Gasteiger partial charge in [0.2, 0.25) is 11.8 Å². The molecule has 3 N–H and O–H groups in total. The van der Waals surface area contributed by atoms with Crippen molar-refractivity contribution in [2.45, 2.75) is 50.7 Å². The fourth-order valence-electron chi connectivity index (χ4n) is 9.76. The maximum atomic E-state index is 13.3. The number of amides is 3. The summed E-state index contributed by atoms with van der Waals surface area (Å²) in [5.74, 6) is 1.59. The van der Waals surface area contributed by atoms with Crippen molar-refractivity contribution < 1.29 is 14.4 Å². The number of hydrogen-bond acceptors (Lipinski definition) is 10. The van der Waals surface area contributed by atoms with Crippen molar-refractivity contribution in [2.24, 2.45) is 18.9 Å². The predicted molar refractivity (Wildman–Crippen MR) is 207 cm³/mol. The first-order valence-electron chi connectivity index (χ1n) is 18.9. The number of nitrogens with zero attached hydrogens (tertiary/aromatic N) is 6. The molecule has 0 spiro atoms. The van der Waals surface area contributed by atoms with Crippen LogP contribution in [-0.4, -0.2) is 94.6 Å². The Kier molecular flexibility index (Phi) is 7.59.